The van der Waals surface area contributed by atoms with E-state index in [1.165, 1.54) is 0 Å². The Kier molecular flexibility index (Phi) is 7.20. The highest BCUT2D eigenvalue weighted by molar-refractivity contribution is 5.74. The molecule has 0 aromatic rings. The van der Waals surface area contributed by atoms with Gasteiger partial charge in [-0.05, 0) is 19.3 Å². The summed E-state index contributed by atoms with van der Waals surface area (Å²) in [6.45, 7) is 7.91. The van der Waals surface area contributed by atoms with Crippen molar-refractivity contribution in [2.75, 3.05) is 26.2 Å². The number of hydrogen-bond donors (Lipinski definition) is 2. The topological polar surface area (TPSA) is 52.6 Å². The van der Waals surface area contributed by atoms with Gasteiger partial charge in [-0.25, -0.2) is 4.79 Å². The molecule has 0 saturated carbocycles. The van der Waals surface area contributed by atoms with Crippen LogP contribution in [0.25, 0.3) is 0 Å². The first-order valence-corrected chi connectivity index (χ1v) is 5.25. The van der Waals surface area contributed by atoms with Gasteiger partial charge in [0.15, 0.2) is 0 Å². The maximum Gasteiger partial charge on any atom is 0.317 e. The molecule has 0 aliphatic carbocycles. The molecule has 0 aliphatic heterocycles. The van der Waals surface area contributed by atoms with Crippen molar-refractivity contribution < 1.29 is 9.90 Å². The molecule has 0 aromatic heterocycles. The fourth-order valence-electron chi connectivity index (χ4n) is 1.10. The number of urea groups is 1. The Hall–Kier alpha value is -0.770. The number of nitrogens with zero attached hydrogens (tertiary/aromatic N) is 1. The Morgan fingerprint density at radius 1 is 1.50 bits per heavy atom. The molecule has 0 rings (SSSR count). The van der Waals surface area contributed by atoms with Crippen molar-refractivity contribution in [2.24, 2.45) is 5.92 Å². The number of hydrogen-bond acceptors (Lipinski definition) is 2. The SMILES string of the molecule is CCN(CCO)C(=O)NCCC(C)C. The molecule has 0 heterocycles. The van der Waals surface area contributed by atoms with Gasteiger partial charge >= 0.3 is 6.03 Å². The zero-order valence-electron chi connectivity index (χ0n) is 9.42. The molecule has 0 unspecified atom stereocenters. The zero-order chi connectivity index (χ0) is 11.0. The lowest BCUT2D eigenvalue weighted by atomic mass is 10.1. The molecule has 14 heavy (non-hydrogen) atoms. The van der Waals surface area contributed by atoms with Gasteiger partial charge in [-0.1, -0.05) is 13.8 Å². The summed E-state index contributed by atoms with van der Waals surface area (Å²) in [5.41, 5.74) is 0. The normalized spacial score (nSPS) is 10.4. The third kappa shape index (κ3) is 5.80. The third-order valence-electron chi connectivity index (χ3n) is 2.04. The predicted octanol–water partition coefficient (Wildman–Crippen LogP) is 1.06. The van der Waals surface area contributed by atoms with Crippen molar-refractivity contribution in [1.29, 1.82) is 0 Å². The number of likely N-dealkylation sites (N-methyl/N-ethyl adjacent to an activating group) is 1. The molecule has 0 radical (unpaired) electrons. The second-order valence-electron chi connectivity index (χ2n) is 3.72. The van der Waals surface area contributed by atoms with Gasteiger partial charge in [0.05, 0.1) is 6.61 Å². The van der Waals surface area contributed by atoms with Crippen LogP contribution in [-0.2, 0) is 0 Å². The van der Waals surface area contributed by atoms with Crippen molar-refractivity contribution >= 4 is 6.03 Å². The van der Waals surface area contributed by atoms with Crippen LogP contribution in [0.4, 0.5) is 4.79 Å². The Morgan fingerprint density at radius 2 is 2.14 bits per heavy atom. The monoisotopic (exact) mass is 202 g/mol. The highest BCUT2D eigenvalue weighted by Gasteiger charge is 2.09. The van der Waals surface area contributed by atoms with Crippen molar-refractivity contribution in [3.63, 3.8) is 0 Å². The van der Waals surface area contributed by atoms with Crippen LogP contribution in [0, 0.1) is 5.92 Å². The number of carbonyl (C=O) groups is 1. The smallest absolute Gasteiger partial charge is 0.317 e. The molecule has 0 fully saturated rings. The van der Waals surface area contributed by atoms with Gasteiger partial charge < -0.3 is 15.3 Å². The summed E-state index contributed by atoms with van der Waals surface area (Å²) in [6, 6.07) is -0.0813. The van der Waals surface area contributed by atoms with Crippen molar-refractivity contribution in [3.05, 3.63) is 0 Å². The molecule has 0 aromatic carbocycles. The molecule has 2 N–H and O–H groups in total. The van der Waals surface area contributed by atoms with Crippen LogP contribution in [0.3, 0.4) is 0 Å². The minimum absolute atomic E-state index is 0.0193. The highest BCUT2D eigenvalue weighted by atomic mass is 16.3. The summed E-state index contributed by atoms with van der Waals surface area (Å²) in [5, 5.41) is 11.5. The lowest BCUT2D eigenvalue weighted by molar-refractivity contribution is 0.180. The number of carbonyl (C=O) groups excluding carboxylic acids is 1. The Balaban J connectivity index is 3.69. The van der Waals surface area contributed by atoms with E-state index in [1.807, 2.05) is 6.92 Å². The predicted molar refractivity (Wildman–Crippen MR) is 57.2 cm³/mol. The summed E-state index contributed by atoms with van der Waals surface area (Å²) in [5.74, 6) is 0.600. The minimum Gasteiger partial charge on any atom is -0.395 e. The zero-order valence-corrected chi connectivity index (χ0v) is 9.42. The average molecular weight is 202 g/mol. The number of amides is 2. The van der Waals surface area contributed by atoms with E-state index in [9.17, 15) is 4.79 Å². The van der Waals surface area contributed by atoms with Crippen LogP contribution in [0.5, 0.6) is 0 Å². The summed E-state index contributed by atoms with van der Waals surface area (Å²) in [7, 11) is 0. The highest BCUT2D eigenvalue weighted by Crippen LogP contribution is 1.97. The number of rotatable bonds is 6. The van der Waals surface area contributed by atoms with E-state index in [-0.39, 0.29) is 12.6 Å². The van der Waals surface area contributed by atoms with Crippen molar-refractivity contribution in [3.8, 4) is 0 Å². The van der Waals surface area contributed by atoms with Crippen molar-refractivity contribution in [1.82, 2.24) is 10.2 Å². The van der Waals surface area contributed by atoms with E-state index < -0.39 is 0 Å². The fourth-order valence-corrected chi connectivity index (χ4v) is 1.10. The minimum atomic E-state index is -0.0813. The van der Waals surface area contributed by atoms with Crippen LogP contribution < -0.4 is 5.32 Å². The maximum atomic E-state index is 11.4. The van der Waals surface area contributed by atoms with E-state index >= 15 is 0 Å². The molecular weight excluding hydrogens is 180 g/mol. The fraction of sp³-hybridized carbons (Fsp3) is 0.900. The summed E-state index contributed by atoms with van der Waals surface area (Å²) >= 11 is 0. The van der Waals surface area contributed by atoms with E-state index in [2.05, 4.69) is 19.2 Å². The maximum absolute atomic E-state index is 11.4. The molecule has 4 nitrogen and oxygen atoms in total. The summed E-state index contributed by atoms with van der Waals surface area (Å²) in [6.07, 6.45) is 0.989. The van der Waals surface area contributed by atoms with Crippen LogP contribution in [0.2, 0.25) is 0 Å². The number of aliphatic hydroxyl groups excluding tert-OH is 1. The number of nitrogens with one attached hydrogen (secondary N) is 1. The molecule has 84 valence electrons. The first-order chi connectivity index (χ1) is 6.61. The van der Waals surface area contributed by atoms with Crippen LogP contribution in [-0.4, -0.2) is 42.3 Å². The molecule has 0 atom stereocenters. The first-order valence-electron chi connectivity index (χ1n) is 5.25. The Morgan fingerprint density at radius 3 is 2.57 bits per heavy atom. The van der Waals surface area contributed by atoms with Crippen molar-refractivity contribution in [2.45, 2.75) is 27.2 Å². The van der Waals surface area contributed by atoms with E-state index in [4.69, 9.17) is 5.11 Å². The van der Waals surface area contributed by atoms with Gasteiger partial charge in [0, 0.05) is 19.6 Å². The van der Waals surface area contributed by atoms with Gasteiger partial charge in [-0.3, -0.25) is 0 Å². The molecule has 2 amide bonds. The number of aliphatic hydroxyl groups is 1. The van der Waals surface area contributed by atoms with Gasteiger partial charge in [-0.2, -0.15) is 0 Å². The second kappa shape index (κ2) is 7.62. The molecule has 0 bridgehead atoms. The van der Waals surface area contributed by atoms with E-state index in [0.717, 1.165) is 6.42 Å². The van der Waals surface area contributed by atoms with Gasteiger partial charge in [0.2, 0.25) is 0 Å². The Labute approximate surface area is 86.3 Å². The molecule has 0 spiro atoms. The first kappa shape index (κ1) is 13.2. The largest absolute Gasteiger partial charge is 0.395 e. The Bertz CT molecular complexity index is 160. The quantitative estimate of drug-likeness (QED) is 0.676. The van der Waals surface area contributed by atoms with Gasteiger partial charge in [-0.15, -0.1) is 0 Å². The third-order valence-corrected chi connectivity index (χ3v) is 2.04. The summed E-state index contributed by atoms with van der Waals surface area (Å²) in [4.78, 5) is 13.0. The van der Waals surface area contributed by atoms with Crippen LogP contribution in [0.1, 0.15) is 27.2 Å². The van der Waals surface area contributed by atoms with Crippen LogP contribution in [0.15, 0.2) is 0 Å². The standard InChI is InChI=1S/C10H22N2O2/c1-4-12(7-8-13)10(14)11-6-5-9(2)3/h9,13H,4-8H2,1-3H3,(H,11,14). The molecular formula is C10H22N2O2. The van der Waals surface area contributed by atoms with Gasteiger partial charge in [0.1, 0.15) is 0 Å². The van der Waals surface area contributed by atoms with E-state index in [1.54, 1.807) is 4.90 Å². The lowest BCUT2D eigenvalue weighted by Gasteiger charge is -2.20. The average Bonchev–Trinajstić information content (AvgIpc) is 2.13. The molecule has 0 aliphatic rings. The van der Waals surface area contributed by atoms with Crippen LogP contribution >= 0.6 is 0 Å². The second-order valence-corrected chi connectivity index (χ2v) is 3.72. The molecule has 4 heteroatoms. The van der Waals surface area contributed by atoms with Gasteiger partial charge in [0.25, 0.3) is 0 Å². The lowest BCUT2D eigenvalue weighted by Crippen LogP contribution is -2.41. The summed E-state index contributed by atoms with van der Waals surface area (Å²) < 4.78 is 0. The van der Waals surface area contributed by atoms with E-state index in [0.29, 0.717) is 25.6 Å². The molecule has 0 saturated heterocycles.